The van der Waals surface area contributed by atoms with E-state index < -0.39 is 0 Å². The molecule has 2 nitrogen and oxygen atoms in total. The second kappa shape index (κ2) is 2.23. The maximum Gasteiger partial charge on any atom is 0.275 e. The van der Waals surface area contributed by atoms with Gasteiger partial charge >= 0.3 is 0 Å². The van der Waals surface area contributed by atoms with Crippen LogP contribution >= 0.6 is 11.6 Å². The molecule has 48 valence electrons. The van der Waals surface area contributed by atoms with E-state index in [1.165, 1.54) is 0 Å². The number of aromatic nitrogens is 1. The number of halogens is 1. The molecule has 0 unspecified atom stereocenters. The number of anilines is 1. The van der Waals surface area contributed by atoms with E-state index in [-0.39, 0.29) is 0 Å². The van der Waals surface area contributed by atoms with E-state index in [0.717, 1.165) is 11.3 Å². The molecule has 0 bridgehead atoms. The highest BCUT2D eigenvalue weighted by molar-refractivity contribution is 6.28. The molecule has 1 heterocycles. The summed E-state index contributed by atoms with van der Waals surface area (Å²) in [7, 11) is 0. The van der Waals surface area contributed by atoms with Gasteiger partial charge in [0.05, 0.1) is 0 Å². The number of H-pyrrole nitrogens is 1. The van der Waals surface area contributed by atoms with Crippen LogP contribution in [-0.2, 0) is 0 Å². The topological polar surface area (TPSA) is 40.2 Å². The first-order valence-electron chi connectivity index (χ1n) is 2.63. The van der Waals surface area contributed by atoms with Crippen LogP contribution in [0.15, 0.2) is 12.3 Å². The van der Waals surface area contributed by atoms with Gasteiger partial charge < -0.3 is 5.73 Å². The fourth-order valence-electron chi connectivity index (χ4n) is 0.553. The average molecular weight is 144 g/mol. The van der Waals surface area contributed by atoms with Crippen LogP contribution in [0.4, 0.5) is 5.69 Å². The molecule has 0 aromatic carbocycles. The average Bonchev–Trinajstić information content (AvgIpc) is 1.80. The van der Waals surface area contributed by atoms with Crippen LogP contribution in [0.3, 0.4) is 0 Å². The van der Waals surface area contributed by atoms with Gasteiger partial charge in [0.25, 0.3) is 5.15 Å². The van der Waals surface area contributed by atoms with E-state index in [9.17, 15) is 0 Å². The molecule has 3 N–H and O–H groups in total. The van der Waals surface area contributed by atoms with E-state index >= 15 is 0 Å². The number of nitrogens with two attached hydrogens (primary N) is 1. The largest absolute Gasteiger partial charge is 0.398 e. The monoisotopic (exact) mass is 143 g/mol. The Morgan fingerprint density at radius 2 is 2.33 bits per heavy atom. The Bertz CT molecular complexity index is 222. The fourth-order valence-corrected chi connectivity index (χ4v) is 0.725. The Hall–Kier alpha value is -0.760. The van der Waals surface area contributed by atoms with Gasteiger partial charge in [0.2, 0.25) is 0 Å². The van der Waals surface area contributed by atoms with Crippen molar-refractivity contribution in [3.05, 3.63) is 23.0 Å². The minimum atomic E-state index is 0.568. The third kappa shape index (κ3) is 1.33. The molecule has 1 aromatic heterocycles. The predicted octanol–water partition coefficient (Wildman–Crippen LogP) is 1.04. The van der Waals surface area contributed by atoms with Crippen molar-refractivity contribution in [2.75, 3.05) is 5.73 Å². The van der Waals surface area contributed by atoms with Crippen LogP contribution in [0, 0.1) is 6.92 Å². The molecule has 1 aromatic rings. The van der Waals surface area contributed by atoms with Gasteiger partial charge in [0, 0.05) is 17.3 Å². The summed E-state index contributed by atoms with van der Waals surface area (Å²) in [5.74, 6) is 0. The van der Waals surface area contributed by atoms with Crippen molar-refractivity contribution in [1.82, 2.24) is 0 Å². The fraction of sp³-hybridized carbons (Fsp3) is 0.167. The van der Waals surface area contributed by atoms with E-state index in [1.54, 1.807) is 12.3 Å². The van der Waals surface area contributed by atoms with Crippen molar-refractivity contribution < 1.29 is 4.98 Å². The summed E-state index contributed by atoms with van der Waals surface area (Å²) in [6.45, 7) is 1.92. The number of pyridine rings is 1. The summed E-state index contributed by atoms with van der Waals surface area (Å²) in [5, 5.41) is 0.568. The lowest BCUT2D eigenvalue weighted by molar-refractivity contribution is -0.375. The minimum absolute atomic E-state index is 0.568. The maximum absolute atomic E-state index is 5.58. The molecule has 0 aliphatic rings. The summed E-state index contributed by atoms with van der Waals surface area (Å²) in [5.41, 5.74) is 7.25. The van der Waals surface area contributed by atoms with Gasteiger partial charge in [-0.25, -0.2) is 4.98 Å². The normalized spacial score (nSPS) is 9.56. The Kier molecular flexibility index (Phi) is 1.58. The third-order valence-corrected chi connectivity index (χ3v) is 1.38. The van der Waals surface area contributed by atoms with Crippen molar-refractivity contribution in [1.29, 1.82) is 0 Å². The van der Waals surface area contributed by atoms with Crippen LogP contribution < -0.4 is 10.7 Å². The molecule has 0 saturated carbocycles. The first-order chi connectivity index (χ1) is 4.20. The summed E-state index contributed by atoms with van der Waals surface area (Å²) >= 11 is 5.58. The summed E-state index contributed by atoms with van der Waals surface area (Å²) < 4.78 is 0. The highest BCUT2D eigenvalue weighted by Gasteiger charge is 1.98. The van der Waals surface area contributed by atoms with Crippen LogP contribution in [-0.4, -0.2) is 0 Å². The number of rotatable bonds is 0. The lowest BCUT2D eigenvalue weighted by atomic mass is 10.3. The molecule has 0 fully saturated rings. The summed E-state index contributed by atoms with van der Waals surface area (Å²) in [4.78, 5) is 2.83. The molecule has 0 spiro atoms. The third-order valence-electron chi connectivity index (χ3n) is 1.16. The van der Waals surface area contributed by atoms with Crippen molar-refractivity contribution in [3.8, 4) is 0 Å². The molecule has 0 atom stereocenters. The molecule has 0 radical (unpaired) electrons. The first kappa shape index (κ1) is 6.36. The van der Waals surface area contributed by atoms with Crippen molar-refractivity contribution in [3.63, 3.8) is 0 Å². The Morgan fingerprint density at radius 1 is 1.67 bits per heavy atom. The number of nitrogens with one attached hydrogen (secondary N) is 1. The Balaban J connectivity index is 3.17. The lowest BCUT2D eigenvalue weighted by Gasteiger charge is -1.91. The quantitative estimate of drug-likeness (QED) is 0.542. The lowest BCUT2D eigenvalue weighted by Crippen LogP contribution is -2.05. The molecule has 9 heavy (non-hydrogen) atoms. The molecular formula is C6H8ClN2+. The summed E-state index contributed by atoms with van der Waals surface area (Å²) in [6, 6.07) is 1.69. The highest BCUT2D eigenvalue weighted by Crippen LogP contribution is 2.09. The Labute approximate surface area is 58.7 Å². The SMILES string of the molecule is Cc1c[nH+]c(Cl)cc1N. The molecule has 0 aliphatic heterocycles. The van der Waals surface area contributed by atoms with Gasteiger partial charge in [0.1, 0.15) is 0 Å². The van der Waals surface area contributed by atoms with E-state index in [4.69, 9.17) is 17.3 Å². The zero-order valence-electron chi connectivity index (χ0n) is 5.11. The molecule has 3 heteroatoms. The van der Waals surface area contributed by atoms with E-state index in [0.29, 0.717) is 5.15 Å². The van der Waals surface area contributed by atoms with Gasteiger partial charge in [-0.05, 0) is 18.5 Å². The molecular weight excluding hydrogens is 136 g/mol. The molecule has 1 rings (SSSR count). The van der Waals surface area contributed by atoms with Gasteiger partial charge in [-0.2, -0.15) is 0 Å². The standard InChI is InChI=1S/C6H7ClN2/c1-4-3-9-6(7)2-5(4)8/h2-3H,1H3,(H2,8,9)/p+1. The minimum Gasteiger partial charge on any atom is -0.398 e. The first-order valence-corrected chi connectivity index (χ1v) is 3.01. The predicted molar refractivity (Wildman–Crippen MR) is 37.2 cm³/mol. The smallest absolute Gasteiger partial charge is 0.275 e. The second-order valence-electron chi connectivity index (χ2n) is 1.92. The van der Waals surface area contributed by atoms with Crippen LogP contribution in [0.2, 0.25) is 5.15 Å². The number of nitrogen functional groups attached to an aromatic ring is 1. The van der Waals surface area contributed by atoms with Crippen LogP contribution in [0.5, 0.6) is 0 Å². The number of aryl methyl sites for hydroxylation is 1. The maximum atomic E-state index is 5.58. The van der Waals surface area contributed by atoms with Gasteiger partial charge in [0.15, 0.2) is 6.20 Å². The van der Waals surface area contributed by atoms with Gasteiger partial charge in [-0.1, -0.05) is 0 Å². The molecule has 0 saturated heterocycles. The number of aromatic amines is 1. The van der Waals surface area contributed by atoms with Crippen LogP contribution in [0.1, 0.15) is 5.56 Å². The second-order valence-corrected chi connectivity index (χ2v) is 2.33. The van der Waals surface area contributed by atoms with Crippen LogP contribution in [0.25, 0.3) is 0 Å². The zero-order valence-corrected chi connectivity index (χ0v) is 5.87. The number of hydrogen-bond acceptors (Lipinski definition) is 1. The Morgan fingerprint density at radius 3 is 2.78 bits per heavy atom. The van der Waals surface area contributed by atoms with E-state index in [1.807, 2.05) is 6.92 Å². The van der Waals surface area contributed by atoms with Crippen molar-refractivity contribution >= 4 is 17.3 Å². The zero-order chi connectivity index (χ0) is 6.85. The summed E-state index contributed by atoms with van der Waals surface area (Å²) in [6.07, 6.45) is 1.78. The van der Waals surface area contributed by atoms with Gasteiger partial charge in [-0.3, -0.25) is 0 Å². The highest BCUT2D eigenvalue weighted by atomic mass is 35.5. The number of hydrogen-bond donors (Lipinski definition) is 1. The van der Waals surface area contributed by atoms with Gasteiger partial charge in [-0.15, -0.1) is 0 Å². The molecule has 0 amide bonds. The molecule has 0 aliphatic carbocycles. The van der Waals surface area contributed by atoms with E-state index in [2.05, 4.69) is 4.98 Å². The van der Waals surface area contributed by atoms with Crippen molar-refractivity contribution in [2.24, 2.45) is 0 Å². The van der Waals surface area contributed by atoms with Crippen molar-refractivity contribution in [2.45, 2.75) is 6.92 Å².